The second-order valence-corrected chi connectivity index (χ2v) is 4.36. The Morgan fingerprint density at radius 2 is 2.12 bits per heavy atom. The number of rotatable bonds is 4. The van der Waals surface area contributed by atoms with Crippen LogP contribution >= 0.6 is 11.6 Å². The monoisotopic (exact) mass is 249 g/mol. The minimum Gasteiger partial charge on any atom is -0.355 e. The van der Waals surface area contributed by atoms with Gasteiger partial charge in [0.25, 0.3) is 0 Å². The maximum Gasteiger partial charge on any atom is 0.207 e. The van der Waals surface area contributed by atoms with Crippen molar-refractivity contribution in [3.05, 3.63) is 41.2 Å². The first kappa shape index (κ1) is 12.0. The Labute approximate surface area is 106 Å². The molecular weight excluding hydrogens is 234 g/mol. The van der Waals surface area contributed by atoms with E-state index in [1.54, 1.807) is 0 Å². The summed E-state index contributed by atoms with van der Waals surface area (Å²) in [6.07, 6.45) is 3.05. The topological polar surface area (TPSA) is 29.9 Å². The third kappa shape index (κ3) is 2.61. The second-order valence-electron chi connectivity index (χ2n) is 3.95. The third-order valence-corrected chi connectivity index (χ3v) is 2.79. The zero-order chi connectivity index (χ0) is 12.3. The van der Waals surface area contributed by atoms with Crippen molar-refractivity contribution in [2.24, 2.45) is 0 Å². The van der Waals surface area contributed by atoms with Crippen LogP contribution in [-0.2, 0) is 0 Å². The van der Waals surface area contributed by atoms with E-state index in [0.29, 0.717) is 0 Å². The Morgan fingerprint density at radius 3 is 2.82 bits per heavy atom. The van der Waals surface area contributed by atoms with Gasteiger partial charge >= 0.3 is 0 Å². The average Bonchev–Trinajstić information content (AvgIpc) is 2.68. The molecule has 1 heterocycles. The molecule has 0 aliphatic carbocycles. The number of hydrogen-bond donors (Lipinski definition) is 1. The summed E-state index contributed by atoms with van der Waals surface area (Å²) >= 11 is 6.20. The normalized spacial score (nSPS) is 10.5. The number of aryl methyl sites for hydroxylation is 1. The smallest absolute Gasteiger partial charge is 0.207 e. The summed E-state index contributed by atoms with van der Waals surface area (Å²) in [5.74, 6) is 0.845. The van der Waals surface area contributed by atoms with E-state index < -0.39 is 0 Å². The highest BCUT2D eigenvalue weighted by molar-refractivity contribution is 6.32. The predicted octanol–water partition coefficient (Wildman–Crippen LogP) is 3.66. The van der Waals surface area contributed by atoms with E-state index in [-0.39, 0.29) is 0 Å². The Morgan fingerprint density at radius 1 is 1.35 bits per heavy atom. The quantitative estimate of drug-likeness (QED) is 0.896. The van der Waals surface area contributed by atoms with Crippen LogP contribution in [0.2, 0.25) is 5.02 Å². The Hall–Kier alpha value is -1.48. The van der Waals surface area contributed by atoms with Gasteiger partial charge in [-0.2, -0.15) is 0 Å². The van der Waals surface area contributed by atoms with Crippen LogP contribution in [0.3, 0.4) is 0 Å². The molecule has 0 saturated carbocycles. The number of hydrogen-bond acceptors (Lipinski definition) is 2. The van der Waals surface area contributed by atoms with Gasteiger partial charge in [-0.1, -0.05) is 30.7 Å². The van der Waals surface area contributed by atoms with Crippen molar-refractivity contribution in [3.8, 4) is 5.69 Å². The van der Waals surface area contributed by atoms with E-state index in [2.05, 4.69) is 17.2 Å². The molecule has 0 saturated heterocycles. The fourth-order valence-electron chi connectivity index (χ4n) is 1.69. The van der Waals surface area contributed by atoms with Gasteiger partial charge in [0.1, 0.15) is 0 Å². The highest BCUT2D eigenvalue weighted by Gasteiger charge is 2.09. The van der Waals surface area contributed by atoms with Gasteiger partial charge in [-0.3, -0.25) is 4.57 Å². The molecule has 0 fully saturated rings. The summed E-state index contributed by atoms with van der Waals surface area (Å²) in [6, 6.07) is 7.77. The SMILES string of the molecule is CCCNc1nc(C)cn1-c1ccccc1Cl. The van der Waals surface area contributed by atoms with E-state index >= 15 is 0 Å². The van der Waals surface area contributed by atoms with Crippen LogP contribution in [0.1, 0.15) is 19.0 Å². The summed E-state index contributed by atoms with van der Waals surface area (Å²) in [4.78, 5) is 4.46. The molecule has 1 aromatic heterocycles. The number of aromatic nitrogens is 2. The molecule has 2 rings (SSSR count). The highest BCUT2D eigenvalue weighted by Crippen LogP contribution is 2.23. The molecule has 4 heteroatoms. The van der Waals surface area contributed by atoms with Crippen molar-refractivity contribution < 1.29 is 0 Å². The summed E-state index contributed by atoms with van der Waals surface area (Å²) in [5, 5.41) is 4.03. The van der Waals surface area contributed by atoms with Crippen LogP contribution in [0.4, 0.5) is 5.95 Å². The molecule has 2 aromatic rings. The first-order chi connectivity index (χ1) is 8.22. The van der Waals surface area contributed by atoms with Gasteiger partial charge < -0.3 is 5.32 Å². The lowest BCUT2D eigenvalue weighted by Gasteiger charge is -2.10. The van der Waals surface area contributed by atoms with Gasteiger partial charge in [0.15, 0.2) is 0 Å². The molecule has 1 aromatic carbocycles. The number of benzene rings is 1. The molecule has 3 nitrogen and oxygen atoms in total. The summed E-state index contributed by atoms with van der Waals surface area (Å²) in [6.45, 7) is 5.01. The largest absolute Gasteiger partial charge is 0.355 e. The zero-order valence-electron chi connectivity index (χ0n) is 10.1. The minimum absolute atomic E-state index is 0.726. The first-order valence-electron chi connectivity index (χ1n) is 5.77. The molecule has 0 atom stereocenters. The maximum absolute atomic E-state index is 6.20. The molecule has 17 heavy (non-hydrogen) atoms. The van der Waals surface area contributed by atoms with Crippen molar-refractivity contribution in [1.82, 2.24) is 9.55 Å². The van der Waals surface area contributed by atoms with Gasteiger partial charge in [-0.25, -0.2) is 4.98 Å². The van der Waals surface area contributed by atoms with Crippen LogP contribution < -0.4 is 5.32 Å². The molecular formula is C13H16ClN3. The van der Waals surface area contributed by atoms with E-state index in [4.69, 9.17) is 11.6 Å². The van der Waals surface area contributed by atoms with Crippen molar-refractivity contribution in [3.63, 3.8) is 0 Å². The third-order valence-electron chi connectivity index (χ3n) is 2.47. The Kier molecular flexibility index (Phi) is 3.69. The predicted molar refractivity (Wildman–Crippen MR) is 72.1 cm³/mol. The Bertz CT molecular complexity index is 505. The molecule has 90 valence electrons. The van der Waals surface area contributed by atoms with Crippen molar-refractivity contribution in [1.29, 1.82) is 0 Å². The lowest BCUT2D eigenvalue weighted by Crippen LogP contribution is -2.06. The van der Waals surface area contributed by atoms with Gasteiger partial charge in [0.05, 0.1) is 16.4 Å². The van der Waals surface area contributed by atoms with E-state index in [1.807, 2.05) is 42.0 Å². The number of anilines is 1. The summed E-state index contributed by atoms with van der Waals surface area (Å²) in [7, 11) is 0. The highest BCUT2D eigenvalue weighted by atomic mass is 35.5. The lowest BCUT2D eigenvalue weighted by atomic mass is 10.3. The maximum atomic E-state index is 6.20. The van der Waals surface area contributed by atoms with Crippen LogP contribution in [0.25, 0.3) is 5.69 Å². The van der Waals surface area contributed by atoms with E-state index in [1.165, 1.54) is 0 Å². The fraction of sp³-hybridized carbons (Fsp3) is 0.308. The van der Waals surface area contributed by atoms with Gasteiger partial charge in [-0.05, 0) is 25.5 Å². The lowest BCUT2D eigenvalue weighted by molar-refractivity contribution is 0.937. The molecule has 0 unspecified atom stereocenters. The van der Waals surface area contributed by atoms with Crippen LogP contribution in [0.5, 0.6) is 0 Å². The van der Waals surface area contributed by atoms with Crippen molar-refractivity contribution in [2.75, 3.05) is 11.9 Å². The molecule has 0 bridgehead atoms. The van der Waals surface area contributed by atoms with Gasteiger partial charge in [0.2, 0.25) is 5.95 Å². The number of nitrogens with zero attached hydrogens (tertiary/aromatic N) is 2. The van der Waals surface area contributed by atoms with Gasteiger partial charge in [-0.15, -0.1) is 0 Å². The number of para-hydroxylation sites is 1. The van der Waals surface area contributed by atoms with Crippen LogP contribution in [0, 0.1) is 6.92 Å². The molecule has 1 N–H and O–H groups in total. The first-order valence-corrected chi connectivity index (χ1v) is 6.15. The van der Waals surface area contributed by atoms with Crippen LogP contribution in [-0.4, -0.2) is 16.1 Å². The molecule has 0 spiro atoms. The van der Waals surface area contributed by atoms with E-state index in [9.17, 15) is 0 Å². The number of halogens is 1. The molecule has 0 aliphatic rings. The minimum atomic E-state index is 0.726. The Balaban J connectivity index is 2.41. The van der Waals surface area contributed by atoms with Crippen molar-refractivity contribution in [2.45, 2.75) is 20.3 Å². The van der Waals surface area contributed by atoms with E-state index in [0.717, 1.165) is 35.3 Å². The average molecular weight is 250 g/mol. The molecule has 0 amide bonds. The number of nitrogens with one attached hydrogen (secondary N) is 1. The summed E-state index contributed by atoms with van der Waals surface area (Å²) < 4.78 is 1.99. The number of imidazole rings is 1. The zero-order valence-corrected chi connectivity index (χ0v) is 10.8. The summed E-state index contributed by atoms with van der Waals surface area (Å²) in [5.41, 5.74) is 1.93. The van der Waals surface area contributed by atoms with Crippen molar-refractivity contribution >= 4 is 17.5 Å². The molecule has 0 aliphatic heterocycles. The van der Waals surface area contributed by atoms with Crippen LogP contribution in [0.15, 0.2) is 30.5 Å². The fourth-order valence-corrected chi connectivity index (χ4v) is 1.92. The van der Waals surface area contributed by atoms with Gasteiger partial charge in [0, 0.05) is 12.7 Å². The molecule has 0 radical (unpaired) electrons. The second kappa shape index (κ2) is 5.23. The standard InChI is InChI=1S/C13H16ClN3/c1-3-8-15-13-16-10(2)9-17(13)12-7-5-4-6-11(12)14/h4-7,9H,3,8H2,1-2H3,(H,15,16).